The van der Waals surface area contributed by atoms with E-state index in [-0.39, 0.29) is 13.2 Å². The molecular weight excluding hydrogens is 266 g/mol. The van der Waals surface area contributed by atoms with Gasteiger partial charge in [0.05, 0.1) is 12.7 Å². The molecule has 1 aromatic carbocycles. The lowest BCUT2D eigenvalue weighted by Crippen LogP contribution is -2.19. The Kier molecular flexibility index (Phi) is 8.53. The van der Waals surface area contributed by atoms with Crippen molar-refractivity contribution >= 4 is 0 Å². The van der Waals surface area contributed by atoms with E-state index < -0.39 is 0 Å². The van der Waals surface area contributed by atoms with Gasteiger partial charge in [-0.3, -0.25) is 0 Å². The van der Waals surface area contributed by atoms with Crippen LogP contribution >= 0.6 is 0 Å². The standard InChI is InChI=1S/C17H25NO3/c1-18(10-4-3-5-11-19)14-15-8-9-17(21-2)16(13-15)7-6-12-20/h8-9,13,19-20H,3-5,10-12,14H2,1-2H3. The molecule has 4 nitrogen and oxygen atoms in total. The molecule has 0 radical (unpaired) electrons. The summed E-state index contributed by atoms with van der Waals surface area (Å²) in [7, 11) is 3.70. The summed E-state index contributed by atoms with van der Waals surface area (Å²) < 4.78 is 5.27. The van der Waals surface area contributed by atoms with Crippen LogP contribution in [-0.2, 0) is 6.54 Å². The Morgan fingerprint density at radius 2 is 2.00 bits per heavy atom. The molecule has 0 fully saturated rings. The summed E-state index contributed by atoms with van der Waals surface area (Å²) in [5.41, 5.74) is 1.97. The molecule has 0 saturated carbocycles. The zero-order valence-corrected chi connectivity index (χ0v) is 12.9. The SMILES string of the molecule is COc1ccc(CN(C)CCCCCO)cc1C#CCO. The van der Waals surface area contributed by atoms with Crippen LogP contribution in [0.1, 0.15) is 30.4 Å². The Balaban J connectivity index is 2.62. The molecular formula is C17H25NO3. The molecule has 0 atom stereocenters. The van der Waals surface area contributed by atoms with Gasteiger partial charge in [-0.1, -0.05) is 17.9 Å². The van der Waals surface area contributed by atoms with Crippen LogP contribution in [0.5, 0.6) is 5.75 Å². The first-order chi connectivity index (χ1) is 10.2. The lowest BCUT2D eigenvalue weighted by molar-refractivity contribution is 0.271. The summed E-state index contributed by atoms with van der Waals surface area (Å²) in [6.07, 6.45) is 3.01. The van der Waals surface area contributed by atoms with Gasteiger partial charge in [-0.05, 0) is 50.6 Å². The number of hydrogen-bond acceptors (Lipinski definition) is 4. The minimum Gasteiger partial charge on any atom is -0.495 e. The molecule has 2 N–H and O–H groups in total. The third-order valence-corrected chi connectivity index (χ3v) is 3.22. The van der Waals surface area contributed by atoms with E-state index in [4.69, 9.17) is 14.9 Å². The predicted molar refractivity (Wildman–Crippen MR) is 84.2 cm³/mol. The highest BCUT2D eigenvalue weighted by Crippen LogP contribution is 2.19. The zero-order valence-electron chi connectivity index (χ0n) is 12.9. The maximum Gasteiger partial charge on any atom is 0.134 e. The van der Waals surface area contributed by atoms with Crippen LogP contribution in [0.2, 0.25) is 0 Å². The molecule has 21 heavy (non-hydrogen) atoms. The highest BCUT2D eigenvalue weighted by Gasteiger charge is 2.05. The Labute approximate surface area is 127 Å². The third-order valence-electron chi connectivity index (χ3n) is 3.22. The van der Waals surface area contributed by atoms with Gasteiger partial charge in [0.1, 0.15) is 12.4 Å². The van der Waals surface area contributed by atoms with Crippen molar-refractivity contribution in [3.63, 3.8) is 0 Å². The van der Waals surface area contributed by atoms with Crippen molar-refractivity contribution in [1.29, 1.82) is 0 Å². The summed E-state index contributed by atoms with van der Waals surface area (Å²) >= 11 is 0. The molecule has 1 aromatic rings. The average molecular weight is 291 g/mol. The molecule has 0 unspecified atom stereocenters. The number of unbranched alkanes of at least 4 members (excludes halogenated alkanes) is 2. The molecule has 4 heteroatoms. The minimum atomic E-state index is -0.155. The minimum absolute atomic E-state index is 0.155. The van der Waals surface area contributed by atoms with E-state index in [0.29, 0.717) is 0 Å². The molecule has 0 spiro atoms. The first-order valence-electron chi connectivity index (χ1n) is 7.27. The van der Waals surface area contributed by atoms with Gasteiger partial charge in [0, 0.05) is 13.2 Å². The molecule has 0 saturated heterocycles. The molecule has 0 aliphatic heterocycles. The molecule has 116 valence electrons. The summed E-state index contributed by atoms with van der Waals surface area (Å²) in [6, 6.07) is 5.95. The van der Waals surface area contributed by atoms with Gasteiger partial charge in [0.2, 0.25) is 0 Å². The second-order valence-corrected chi connectivity index (χ2v) is 5.02. The molecule has 0 aromatic heterocycles. The van der Waals surface area contributed by atoms with E-state index in [9.17, 15) is 0 Å². The first-order valence-corrected chi connectivity index (χ1v) is 7.27. The van der Waals surface area contributed by atoms with Crippen LogP contribution in [-0.4, -0.2) is 49.0 Å². The molecule has 0 aliphatic carbocycles. The third kappa shape index (κ3) is 6.63. The Hall–Kier alpha value is -1.54. The van der Waals surface area contributed by atoms with E-state index in [2.05, 4.69) is 23.8 Å². The fourth-order valence-electron chi connectivity index (χ4n) is 2.15. The van der Waals surface area contributed by atoms with Gasteiger partial charge in [-0.15, -0.1) is 0 Å². The fourth-order valence-corrected chi connectivity index (χ4v) is 2.15. The topological polar surface area (TPSA) is 52.9 Å². The molecule has 1 rings (SSSR count). The smallest absolute Gasteiger partial charge is 0.134 e. The van der Waals surface area contributed by atoms with E-state index >= 15 is 0 Å². The first kappa shape index (κ1) is 17.5. The molecule has 0 aliphatic rings. The lowest BCUT2D eigenvalue weighted by atomic mass is 10.1. The van der Waals surface area contributed by atoms with Crippen LogP contribution in [0, 0.1) is 11.8 Å². The van der Waals surface area contributed by atoms with Gasteiger partial charge in [-0.2, -0.15) is 0 Å². The number of aliphatic hydroxyl groups is 2. The zero-order chi connectivity index (χ0) is 15.5. The van der Waals surface area contributed by atoms with Gasteiger partial charge < -0.3 is 19.8 Å². The Morgan fingerprint density at radius 3 is 2.67 bits per heavy atom. The van der Waals surface area contributed by atoms with E-state index in [1.807, 2.05) is 18.2 Å². The number of nitrogens with zero attached hydrogens (tertiary/aromatic N) is 1. The van der Waals surface area contributed by atoms with Crippen molar-refractivity contribution in [2.24, 2.45) is 0 Å². The van der Waals surface area contributed by atoms with E-state index in [1.54, 1.807) is 7.11 Å². The maximum atomic E-state index is 8.81. The normalized spacial score (nSPS) is 10.3. The summed E-state index contributed by atoms with van der Waals surface area (Å²) in [6.45, 7) is 1.97. The number of benzene rings is 1. The fraction of sp³-hybridized carbons (Fsp3) is 0.529. The highest BCUT2D eigenvalue weighted by atomic mass is 16.5. The quantitative estimate of drug-likeness (QED) is 0.565. The number of ether oxygens (including phenoxy) is 1. The van der Waals surface area contributed by atoms with Crippen molar-refractivity contribution in [1.82, 2.24) is 4.90 Å². The van der Waals surface area contributed by atoms with Crippen LogP contribution < -0.4 is 4.74 Å². The van der Waals surface area contributed by atoms with Crippen molar-refractivity contribution in [3.8, 4) is 17.6 Å². The Morgan fingerprint density at radius 1 is 1.19 bits per heavy atom. The second-order valence-electron chi connectivity index (χ2n) is 5.02. The highest BCUT2D eigenvalue weighted by molar-refractivity contribution is 5.48. The number of rotatable bonds is 8. The van der Waals surface area contributed by atoms with Gasteiger partial charge in [0.15, 0.2) is 0 Å². The second kappa shape index (κ2) is 10.2. The van der Waals surface area contributed by atoms with Gasteiger partial charge >= 0.3 is 0 Å². The predicted octanol–water partition coefficient (Wildman–Crippen LogP) is 1.63. The van der Waals surface area contributed by atoms with Gasteiger partial charge in [0.25, 0.3) is 0 Å². The van der Waals surface area contributed by atoms with Gasteiger partial charge in [-0.25, -0.2) is 0 Å². The van der Waals surface area contributed by atoms with Crippen molar-refractivity contribution < 1.29 is 14.9 Å². The van der Waals surface area contributed by atoms with Crippen molar-refractivity contribution in [2.75, 3.05) is 33.9 Å². The summed E-state index contributed by atoms with van der Waals surface area (Å²) in [5, 5.41) is 17.6. The van der Waals surface area contributed by atoms with E-state index in [0.717, 1.165) is 43.7 Å². The van der Waals surface area contributed by atoms with Crippen LogP contribution in [0.15, 0.2) is 18.2 Å². The largest absolute Gasteiger partial charge is 0.495 e. The molecule has 0 heterocycles. The number of methoxy groups -OCH3 is 1. The Bertz CT molecular complexity index is 477. The van der Waals surface area contributed by atoms with Crippen LogP contribution in [0.3, 0.4) is 0 Å². The van der Waals surface area contributed by atoms with Crippen molar-refractivity contribution in [3.05, 3.63) is 29.3 Å². The molecule has 0 amide bonds. The van der Waals surface area contributed by atoms with Crippen molar-refractivity contribution in [2.45, 2.75) is 25.8 Å². The van der Waals surface area contributed by atoms with Crippen LogP contribution in [0.25, 0.3) is 0 Å². The lowest BCUT2D eigenvalue weighted by Gasteiger charge is -2.17. The molecule has 0 bridgehead atoms. The summed E-state index contributed by atoms with van der Waals surface area (Å²) in [4.78, 5) is 2.25. The summed E-state index contributed by atoms with van der Waals surface area (Å²) in [5.74, 6) is 6.30. The maximum absolute atomic E-state index is 8.81. The average Bonchev–Trinajstić information content (AvgIpc) is 2.49. The number of hydrogen-bond donors (Lipinski definition) is 2. The van der Waals surface area contributed by atoms with Crippen LogP contribution in [0.4, 0.5) is 0 Å². The number of aliphatic hydroxyl groups excluding tert-OH is 2. The van der Waals surface area contributed by atoms with E-state index in [1.165, 1.54) is 5.56 Å². The monoisotopic (exact) mass is 291 g/mol.